The van der Waals surface area contributed by atoms with Crippen molar-refractivity contribution in [2.45, 2.75) is 75.4 Å². The summed E-state index contributed by atoms with van der Waals surface area (Å²) in [6.45, 7) is 8.51. The van der Waals surface area contributed by atoms with E-state index in [1.54, 1.807) is 0 Å². The molecule has 0 aromatic heterocycles. The van der Waals surface area contributed by atoms with Gasteiger partial charge in [0.15, 0.2) is 5.96 Å². The minimum atomic E-state index is 0.305. The van der Waals surface area contributed by atoms with Crippen LogP contribution in [0, 0.1) is 0 Å². The molecule has 4 rings (SSSR count). The van der Waals surface area contributed by atoms with Crippen LogP contribution in [0.3, 0.4) is 0 Å². The molecule has 28 heavy (non-hydrogen) atoms. The van der Waals surface area contributed by atoms with Gasteiger partial charge in [-0.15, -0.1) is 0 Å². The fourth-order valence-corrected chi connectivity index (χ4v) is 5.49. The highest BCUT2D eigenvalue weighted by molar-refractivity contribution is 5.80. The Morgan fingerprint density at radius 3 is 2.21 bits per heavy atom. The number of nitrogens with zero attached hydrogens (tertiary/aromatic N) is 4. The molecule has 1 aliphatic carbocycles. The van der Waals surface area contributed by atoms with E-state index in [-0.39, 0.29) is 0 Å². The lowest BCUT2D eigenvalue weighted by atomic mass is 9.84. The van der Waals surface area contributed by atoms with Gasteiger partial charge >= 0.3 is 0 Å². The zero-order valence-corrected chi connectivity index (χ0v) is 18.3. The van der Waals surface area contributed by atoms with E-state index >= 15 is 0 Å². The summed E-state index contributed by atoms with van der Waals surface area (Å²) in [4.78, 5) is 12.6. The van der Waals surface area contributed by atoms with Gasteiger partial charge in [0.2, 0.25) is 0 Å². The van der Waals surface area contributed by atoms with Crippen molar-refractivity contribution in [2.24, 2.45) is 4.99 Å². The van der Waals surface area contributed by atoms with E-state index in [1.807, 2.05) is 7.05 Å². The van der Waals surface area contributed by atoms with Crippen LogP contribution in [0.4, 0.5) is 0 Å². The van der Waals surface area contributed by atoms with E-state index in [0.29, 0.717) is 11.6 Å². The molecule has 0 radical (unpaired) electrons. The van der Waals surface area contributed by atoms with Gasteiger partial charge in [-0.05, 0) is 84.6 Å². The molecule has 4 aliphatic rings. The van der Waals surface area contributed by atoms with Crippen molar-refractivity contribution in [3.05, 3.63) is 0 Å². The van der Waals surface area contributed by atoms with Crippen LogP contribution in [0.5, 0.6) is 0 Å². The second-order valence-electron chi connectivity index (χ2n) is 9.69. The first-order valence-electron chi connectivity index (χ1n) is 11.8. The maximum Gasteiger partial charge on any atom is 0.191 e. The predicted octanol–water partition coefficient (Wildman–Crippen LogP) is 1.73. The SMILES string of the molecule is CN=C(NCC1(N2CCCCC2)CCN(C)CC1)NC1CCN(C2CC2)CC1. The molecule has 3 saturated heterocycles. The molecular formula is C22H42N6. The molecule has 6 nitrogen and oxygen atoms in total. The van der Waals surface area contributed by atoms with E-state index in [1.165, 1.54) is 97.1 Å². The fraction of sp³-hybridized carbons (Fsp3) is 0.955. The Hall–Kier alpha value is -0.850. The molecule has 4 fully saturated rings. The van der Waals surface area contributed by atoms with Gasteiger partial charge in [0, 0.05) is 44.3 Å². The molecule has 2 N–H and O–H groups in total. The molecule has 0 bridgehead atoms. The quantitative estimate of drug-likeness (QED) is 0.553. The van der Waals surface area contributed by atoms with Gasteiger partial charge in [-0.3, -0.25) is 9.89 Å². The van der Waals surface area contributed by atoms with E-state index in [4.69, 9.17) is 0 Å². The molecule has 0 atom stereocenters. The molecule has 1 saturated carbocycles. The third kappa shape index (κ3) is 5.00. The van der Waals surface area contributed by atoms with Crippen molar-refractivity contribution in [3.8, 4) is 0 Å². The molecule has 6 heteroatoms. The summed E-state index contributed by atoms with van der Waals surface area (Å²) < 4.78 is 0. The molecule has 3 heterocycles. The summed E-state index contributed by atoms with van der Waals surface area (Å²) in [6, 6.07) is 1.48. The largest absolute Gasteiger partial charge is 0.355 e. The third-order valence-corrected chi connectivity index (χ3v) is 7.69. The molecule has 0 aromatic rings. The Labute approximate surface area is 172 Å². The highest BCUT2D eigenvalue weighted by atomic mass is 15.3. The molecular weight excluding hydrogens is 348 g/mol. The molecule has 0 aromatic carbocycles. The third-order valence-electron chi connectivity index (χ3n) is 7.69. The van der Waals surface area contributed by atoms with E-state index in [0.717, 1.165) is 18.5 Å². The number of guanidine groups is 1. The van der Waals surface area contributed by atoms with Crippen molar-refractivity contribution < 1.29 is 0 Å². The number of aliphatic imine (C=N–C) groups is 1. The zero-order valence-electron chi connectivity index (χ0n) is 18.3. The zero-order chi connectivity index (χ0) is 19.4. The second kappa shape index (κ2) is 9.31. The van der Waals surface area contributed by atoms with Crippen molar-refractivity contribution >= 4 is 5.96 Å². The highest BCUT2D eigenvalue weighted by Gasteiger charge is 2.40. The minimum Gasteiger partial charge on any atom is -0.355 e. The molecule has 3 aliphatic heterocycles. The van der Waals surface area contributed by atoms with Gasteiger partial charge in [-0.1, -0.05) is 6.42 Å². The van der Waals surface area contributed by atoms with Crippen LogP contribution < -0.4 is 10.6 Å². The van der Waals surface area contributed by atoms with Gasteiger partial charge < -0.3 is 20.4 Å². The molecule has 0 amide bonds. The predicted molar refractivity (Wildman–Crippen MR) is 117 cm³/mol. The summed E-state index contributed by atoms with van der Waals surface area (Å²) in [6.07, 6.45) is 12.0. The first-order valence-corrected chi connectivity index (χ1v) is 11.8. The van der Waals surface area contributed by atoms with Crippen LogP contribution in [0.2, 0.25) is 0 Å². The normalized spacial score (nSPS) is 29.0. The first kappa shape index (κ1) is 20.4. The van der Waals surface area contributed by atoms with Crippen LogP contribution in [-0.2, 0) is 0 Å². The first-order chi connectivity index (χ1) is 13.7. The lowest BCUT2D eigenvalue weighted by Crippen LogP contribution is -2.62. The Kier molecular flexibility index (Phi) is 6.79. The average molecular weight is 391 g/mol. The van der Waals surface area contributed by atoms with Gasteiger partial charge in [-0.2, -0.15) is 0 Å². The summed E-state index contributed by atoms with van der Waals surface area (Å²) >= 11 is 0. The maximum absolute atomic E-state index is 4.58. The van der Waals surface area contributed by atoms with Crippen LogP contribution in [0.1, 0.15) is 57.8 Å². The Balaban J connectivity index is 1.30. The molecule has 160 valence electrons. The second-order valence-corrected chi connectivity index (χ2v) is 9.69. The Morgan fingerprint density at radius 1 is 0.929 bits per heavy atom. The van der Waals surface area contributed by atoms with Crippen LogP contribution in [0.25, 0.3) is 0 Å². The van der Waals surface area contributed by atoms with Crippen molar-refractivity contribution in [1.29, 1.82) is 0 Å². The van der Waals surface area contributed by atoms with Gasteiger partial charge in [0.25, 0.3) is 0 Å². The lowest BCUT2D eigenvalue weighted by Gasteiger charge is -2.50. The van der Waals surface area contributed by atoms with E-state index in [2.05, 4.69) is 37.4 Å². The Morgan fingerprint density at radius 2 is 1.61 bits per heavy atom. The van der Waals surface area contributed by atoms with Crippen molar-refractivity contribution in [3.63, 3.8) is 0 Å². The van der Waals surface area contributed by atoms with Crippen molar-refractivity contribution in [2.75, 3.05) is 59.9 Å². The number of rotatable bonds is 5. The van der Waals surface area contributed by atoms with Gasteiger partial charge in [-0.25, -0.2) is 0 Å². The van der Waals surface area contributed by atoms with E-state index in [9.17, 15) is 0 Å². The Bertz CT molecular complexity index is 509. The lowest BCUT2D eigenvalue weighted by molar-refractivity contribution is 0.0172. The average Bonchev–Trinajstić information content (AvgIpc) is 3.59. The fourth-order valence-electron chi connectivity index (χ4n) is 5.49. The summed E-state index contributed by atoms with van der Waals surface area (Å²) in [7, 11) is 4.19. The summed E-state index contributed by atoms with van der Waals surface area (Å²) in [5.74, 6) is 1.01. The number of piperidine rings is 3. The summed E-state index contributed by atoms with van der Waals surface area (Å²) in [5, 5.41) is 7.49. The van der Waals surface area contributed by atoms with Crippen molar-refractivity contribution in [1.82, 2.24) is 25.3 Å². The number of hydrogen-bond donors (Lipinski definition) is 2. The van der Waals surface area contributed by atoms with Gasteiger partial charge in [0.05, 0.1) is 0 Å². The number of hydrogen-bond acceptors (Lipinski definition) is 4. The monoisotopic (exact) mass is 390 g/mol. The topological polar surface area (TPSA) is 46.1 Å². The molecule has 0 spiro atoms. The summed E-state index contributed by atoms with van der Waals surface area (Å²) in [5.41, 5.74) is 0.305. The standard InChI is InChI=1S/C22H42N6/c1-23-21(25-19-8-14-27(15-9-19)20-6-7-20)24-18-22(10-16-26(2)17-11-22)28-12-4-3-5-13-28/h19-20H,3-18H2,1-2H3,(H2,23,24,25). The minimum absolute atomic E-state index is 0.305. The van der Waals surface area contributed by atoms with Crippen LogP contribution in [0.15, 0.2) is 4.99 Å². The van der Waals surface area contributed by atoms with Gasteiger partial charge in [0.1, 0.15) is 0 Å². The van der Waals surface area contributed by atoms with E-state index < -0.39 is 0 Å². The highest BCUT2D eigenvalue weighted by Crippen LogP contribution is 2.31. The smallest absolute Gasteiger partial charge is 0.191 e. The maximum atomic E-state index is 4.58. The molecule has 0 unspecified atom stereocenters. The number of likely N-dealkylation sites (tertiary alicyclic amines) is 3. The van der Waals surface area contributed by atoms with Crippen LogP contribution in [-0.4, -0.2) is 98.2 Å². The number of nitrogens with one attached hydrogen (secondary N) is 2. The van der Waals surface area contributed by atoms with Crippen LogP contribution >= 0.6 is 0 Å².